The summed E-state index contributed by atoms with van der Waals surface area (Å²) < 4.78 is 31.5. The normalized spacial score (nSPS) is 15.3. The summed E-state index contributed by atoms with van der Waals surface area (Å²) in [6.07, 6.45) is 0.626. The van der Waals surface area contributed by atoms with E-state index >= 15 is 0 Å². The van der Waals surface area contributed by atoms with Gasteiger partial charge in [-0.3, -0.25) is 9.10 Å². The van der Waals surface area contributed by atoms with Crippen molar-refractivity contribution < 1.29 is 17.9 Å². The Balaban J connectivity index is 1.67. The predicted octanol–water partition coefficient (Wildman–Crippen LogP) is 4.34. The summed E-state index contributed by atoms with van der Waals surface area (Å²) in [6.45, 7) is 4.68. The first-order valence-corrected chi connectivity index (χ1v) is 11.6. The van der Waals surface area contributed by atoms with Gasteiger partial charge in [0.05, 0.1) is 23.6 Å². The van der Waals surface area contributed by atoms with Gasteiger partial charge >= 0.3 is 0 Å². The van der Waals surface area contributed by atoms with E-state index < -0.39 is 10.0 Å². The highest BCUT2D eigenvalue weighted by atomic mass is 32.2. The maximum atomic E-state index is 13.2. The summed E-state index contributed by atoms with van der Waals surface area (Å²) in [5, 5.41) is 4.74. The average Bonchev–Trinajstić information content (AvgIpc) is 3.08. The van der Waals surface area contributed by atoms with Crippen LogP contribution in [0.3, 0.4) is 0 Å². The fraction of sp³-hybridized carbons (Fsp3) is 0.261. The van der Waals surface area contributed by atoms with Gasteiger partial charge in [-0.2, -0.15) is 0 Å². The summed E-state index contributed by atoms with van der Waals surface area (Å²) in [5.74, 6) is 0.442. The van der Waals surface area contributed by atoms with E-state index in [1.807, 2.05) is 50.2 Å². The van der Waals surface area contributed by atoms with Gasteiger partial charge in [0, 0.05) is 12.2 Å². The number of amides is 1. The molecule has 1 saturated heterocycles. The van der Waals surface area contributed by atoms with Crippen LogP contribution in [0, 0.1) is 6.92 Å². The molecule has 1 fully saturated rings. The number of nitrogens with zero attached hydrogens (tertiary/aromatic N) is 1. The van der Waals surface area contributed by atoms with Crippen LogP contribution in [0.2, 0.25) is 0 Å². The van der Waals surface area contributed by atoms with Crippen molar-refractivity contribution in [1.82, 2.24) is 0 Å². The Morgan fingerprint density at radius 1 is 1.13 bits per heavy atom. The molecule has 3 aromatic carbocycles. The lowest BCUT2D eigenvalue weighted by Crippen LogP contribution is -2.25. The highest BCUT2D eigenvalue weighted by molar-refractivity contribution is 7.93. The van der Waals surface area contributed by atoms with Crippen molar-refractivity contribution in [1.29, 1.82) is 0 Å². The van der Waals surface area contributed by atoms with Crippen molar-refractivity contribution in [2.75, 3.05) is 28.5 Å². The number of rotatable bonds is 5. The number of hydrogen-bond donors (Lipinski definition) is 1. The van der Waals surface area contributed by atoms with Gasteiger partial charge in [0.2, 0.25) is 10.0 Å². The van der Waals surface area contributed by atoms with E-state index in [0.29, 0.717) is 42.3 Å². The Labute approximate surface area is 176 Å². The lowest BCUT2D eigenvalue weighted by Gasteiger charge is -2.19. The number of ether oxygens (including phenoxy) is 1. The predicted molar refractivity (Wildman–Crippen MR) is 120 cm³/mol. The van der Waals surface area contributed by atoms with Crippen LogP contribution in [0.4, 0.5) is 11.4 Å². The molecule has 1 aliphatic heterocycles. The van der Waals surface area contributed by atoms with Crippen LogP contribution < -0.4 is 14.4 Å². The molecular formula is C23H24N2O4S. The topological polar surface area (TPSA) is 75.7 Å². The van der Waals surface area contributed by atoms with Gasteiger partial charge in [0.15, 0.2) is 0 Å². The standard InChI is InChI=1S/C23H24N2O4S/c1-3-29-21-12-9-17-7-4-5-8-19(17)22(21)23(26)24-20-11-10-18(15-16(20)2)25-13-6-14-30(25,27)28/h4-5,7-12,15H,3,6,13-14H2,1-2H3,(H,24,26). The molecule has 0 aliphatic carbocycles. The van der Waals surface area contributed by atoms with Crippen LogP contribution in [0.1, 0.15) is 29.3 Å². The molecule has 30 heavy (non-hydrogen) atoms. The maximum absolute atomic E-state index is 13.2. The van der Waals surface area contributed by atoms with Crippen molar-refractivity contribution in [3.05, 3.63) is 65.7 Å². The van der Waals surface area contributed by atoms with Gasteiger partial charge in [-0.15, -0.1) is 0 Å². The first kappa shape index (κ1) is 20.2. The molecule has 1 heterocycles. The summed E-state index contributed by atoms with van der Waals surface area (Å²) in [7, 11) is -3.24. The minimum atomic E-state index is -3.24. The molecule has 4 rings (SSSR count). The number of benzene rings is 3. The minimum Gasteiger partial charge on any atom is -0.493 e. The van der Waals surface area contributed by atoms with Crippen LogP contribution >= 0.6 is 0 Å². The SMILES string of the molecule is CCOc1ccc2ccccc2c1C(=O)Nc1ccc(N2CCCS2(=O)=O)cc1C. The molecular weight excluding hydrogens is 400 g/mol. The minimum absolute atomic E-state index is 0.172. The van der Waals surface area contributed by atoms with Gasteiger partial charge in [-0.1, -0.05) is 30.3 Å². The largest absolute Gasteiger partial charge is 0.493 e. The molecule has 0 radical (unpaired) electrons. The van der Waals surface area contributed by atoms with Crippen LogP contribution in [-0.4, -0.2) is 33.2 Å². The highest BCUT2D eigenvalue weighted by Gasteiger charge is 2.28. The van der Waals surface area contributed by atoms with Gasteiger partial charge in [0.25, 0.3) is 5.91 Å². The van der Waals surface area contributed by atoms with Crippen molar-refractivity contribution >= 4 is 38.1 Å². The summed E-state index contributed by atoms with van der Waals surface area (Å²) in [4.78, 5) is 13.2. The lowest BCUT2D eigenvalue weighted by atomic mass is 10.0. The van der Waals surface area contributed by atoms with E-state index in [9.17, 15) is 13.2 Å². The second kappa shape index (κ2) is 7.99. The van der Waals surface area contributed by atoms with Gasteiger partial charge in [-0.05, 0) is 60.9 Å². The Morgan fingerprint density at radius 3 is 2.63 bits per heavy atom. The van der Waals surface area contributed by atoms with Crippen molar-refractivity contribution in [3.63, 3.8) is 0 Å². The zero-order valence-corrected chi connectivity index (χ0v) is 17.8. The van der Waals surface area contributed by atoms with Crippen LogP contribution in [0.25, 0.3) is 10.8 Å². The average molecular weight is 425 g/mol. The third-order valence-corrected chi connectivity index (χ3v) is 7.13. The van der Waals surface area contributed by atoms with Crippen molar-refractivity contribution in [2.45, 2.75) is 20.3 Å². The Bertz CT molecular complexity index is 1220. The summed E-state index contributed by atoms with van der Waals surface area (Å²) >= 11 is 0. The number of aryl methyl sites for hydroxylation is 1. The van der Waals surface area contributed by atoms with Crippen LogP contribution in [0.5, 0.6) is 5.75 Å². The molecule has 0 bridgehead atoms. The molecule has 0 saturated carbocycles. The first-order valence-electron chi connectivity index (χ1n) is 9.97. The van der Waals surface area contributed by atoms with Gasteiger partial charge in [-0.25, -0.2) is 8.42 Å². The van der Waals surface area contributed by atoms with E-state index in [-0.39, 0.29) is 11.7 Å². The number of sulfonamides is 1. The van der Waals surface area contributed by atoms with E-state index in [4.69, 9.17) is 4.74 Å². The molecule has 6 nitrogen and oxygen atoms in total. The quantitative estimate of drug-likeness (QED) is 0.661. The fourth-order valence-electron chi connectivity index (χ4n) is 3.82. The zero-order chi connectivity index (χ0) is 21.3. The molecule has 156 valence electrons. The second-order valence-corrected chi connectivity index (χ2v) is 9.30. The number of anilines is 2. The molecule has 1 aliphatic rings. The number of nitrogens with one attached hydrogen (secondary N) is 1. The van der Waals surface area contributed by atoms with E-state index in [1.165, 1.54) is 4.31 Å². The zero-order valence-electron chi connectivity index (χ0n) is 17.0. The third kappa shape index (κ3) is 3.73. The highest BCUT2D eigenvalue weighted by Crippen LogP contribution is 2.31. The Morgan fingerprint density at radius 2 is 1.93 bits per heavy atom. The molecule has 0 unspecified atom stereocenters. The van der Waals surface area contributed by atoms with Crippen LogP contribution in [0.15, 0.2) is 54.6 Å². The Kier molecular flexibility index (Phi) is 5.39. The van der Waals surface area contributed by atoms with Crippen molar-refractivity contribution in [3.8, 4) is 5.75 Å². The molecule has 0 aromatic heterocycles. The number of fused-ring (bicyclic) bond motifs is 1. The number of carbonyl (C=O) groups excluding carboxylic acids is 1. The molecule has 1 N–H and O–H groups in total. The first-order chi connectivity index (χ1) is 14.4. The molecule has 1 amide bonds. The van der Waals surface area contributed by atoms with E-state index in [0.717, 1.165) is 16.3 Å². The molecule has 7 heteroatoms. The third-order valence-electron chi connectivity index (χ3n) is 5.26. The molecule has 0 atom stereocenters. The van der Waals surface area contributed by atoms with Crippen LogP contribution in [-0.2, 0) is 10.0 Å². The van der Waals surface area contributed by atoms with Gasteiger partial charge < -0.3 is 10.1 Å². The monoisotopic (exact) mass is 424 g/mol. The molecule has 3 aromatic rings. The van der Waals surface area contributed by atoms with Crippen molar-refractivity contribution in [2.24, 2.45) is 0 Å². The Hall–Kier alpha value is -3.06. The van der Waals surface area contributed by atoms with E-state index in [1.54, 1.807) is 18.2 Å². The number of hydrogen-bond acceptors (Lipinski definition) is 4. The second-order valence-electron chi connectivity index (χ2n) is 7.29. The molecule has 0 spiro atoms. The number of carbonyl (C=O) groups is 1. The maximum Gasteiger partial charge on any atom is 0.260 e. The summed E-state index contributed by atoms with van der Waals surface area (Å²) in [6, 6.07) is 16.7. The lowest BCUT2D eigenvalue weighted by molar-refractivity contribution is 0.102. The summed E-state index contributed by atoms with van der Waals surface area (Å²) in [5.41, 5.74) is 2.54. The van der Waals surface area contributed by atoms with E-state index in [2.05, 4.69) is 5.32 Å². The smallest absolute Gasteiger partial charge is 0.260 e. The fourth-order valence-corrected chi connectivity index (χ4v) is 5.38. The van der Waals surface area contributed by atoms with Gasteiger partial charge in [0.1, 0.15) is 5.75 Å².